The molecule has 6 rings (SSSR count). The summed E-state index contributed by atoms with van der Waals surface area (Å²) in [6.45, 7) is 1.68. The van der Waals surface area contributed by atoms with Crippen molar-refractivity contribution in [1.82, 2.24) is 24.1 Å². The van der Waals surface area contributed by atoms with Crippen molar-refractivity contribution >= 4 is 28.7 Å². The number of nitrogens with two attached hydrogens (primary N) is 2. The molecular weight excluding hydrogens is 484 g/mol. The minimum Gasteiger partial charge on any atom is -0.395 e. The van der Waals surface area contributed by atoms with Gasteiger partial charge < -0.3 is 36.3 Å². The van der Waals surface area contributed by atoms with E-state index in [1.807, 2.05) is 0 Å². The number of nitrogens with one attached hydrogen (secondary N) is 2. The van der Waals surface area contributed by atoms with Crippen LogP contribution >= 0.6 is 0 Å². The van der Waals surface area contributed by atoms with E-state index < -0.39 is 29.8 Å². The largest absolute Gasteiger partial charge is 0.395 e. The highest BCUT2D eigenvalue weighted by molar-refractivity contribution is 6.26. The minimum atomic E-state index is -0.869. The molecular formula is C23H26N8O6. The maximum absolute atomic E-state index is 13.1. The van der Waals surface area contributed by atoms with Crippen LogP contribution in [0.15, 0.2) is 22.4 Å². The van der Waals surface area contributed by atoms with Gasteiger partial charge in [0.25, 0.3) is 5.56 Å². The SMILES string of the molecule is CC1=C(N)C(=O)c2c(CNc3nc4c(ncn4[C@H]4C[C@H](O)[C@@H](CO)O4)c(=O)[nH]3)c3n(c2C1=O)C[C@H](N)C3. The Kier molecular flexibility index (Phi) is 5.31. The lowest BCUT2D eigenvalue weighted by Crippen LogP contribution is -2.29. The highest BCUT2D eigenvalue weighted by atomic mass is 16.5. The van der Waals surface area contributed by atoms with Gasteiger partial charge in [0.1, 0.15) is 18.0 Å². The van der Waals surface area contributed by atoms with Gasteiger partial charge in [-0.2, -0.15) is 4.98 Å². The number of anilines is 1. The van der Waals surface area contributed by atoms with E-state index in [1.54, 1.807) is 4.57 Å². The summed E-state index contributed by atoms with van der Waals surface area (Å²) in [5.41, 5.74) is 14.0. The van der Waals surface area contributed by atoms with Crippen molar-refractivity contribution in [3.63, 3.8) is 0 Å². The van der Waals surface area contributed by atoms with Crippen molar-refractivity contribution in [2.45, 2.75) is 57.3 Å². The number of aromatic nitrogens is 5. The third-order valence-corrected chi connectivity index (χ3v) is 7.35. The smallest absolute Gasteiger partial charge is 0.280 e. The van der Waals surface area contributed by atoms with Gasteiger partial charge in [0.2, 0.25) is 17.5 Å². The zero-order valence-electron chi connectivity index (χ0n) is 19.9. The number of aliphatic hydroxyl groups is 2. The van der Waals surface area contributed by atoms with E-state index in [0.717, 1.165) is 5.69 Å². The van der Waals surface area contributed by atoms with Crippen LogP contribution in [-0.2, 0) is 24.2 Å². The van der Waals surface area contributed by atoms with Crippen LogP contribution in [0.2, 0.25) is 0 Å². The molecule has 0 bridgehead atoms. The molecule has 3 aromatic heterocycles. The number of nitrogens with zero attached hydrogens (tertiary/aromatic N) is 4. The highest BCUT2D eigenvalue weighted by Gasteiger charge is 2.40. The Morgan fingerprint density at radius 1 is 1.30 bits per heavy atom. The molecule has 0 radical (unpaired) electrons. The monoisotopic (exact) mass is 510 g/mol. The molecule has 14 nitrogen and oxygen atoms in total. The van der Waals surface area contributed by atoms with Crippen LogP contribution in [0.25, 0.3) is 11.2 Å². The van der Waals surface area contributed by atoms with Crippen molar-refractivity contribution in [3.05, 3.63) is 50.5 Å². The van der Waals surface area contributed by atoms with Crippen molar-refractivity contribution < 1.29 is 24.5 Å². The zero-order valence-corrected chi connectivity index (χ0v) is 19.9. The highest BCUT2D eigenvalue weighted by Crippen LogP contribution is 2.35. The lowest BCUT2D eigenvalue weighted by Gasteiger charge is -2.17. The fourth-order valence-electron chi connectivity index (χ4n) is 5.42. The van der Waals surface area contributed by atoms with Gasteiger partial charge in [-0.1, -0.05) is 0 Å². The quantitative estimate of drug-likeness (QED) is 0.236. The summed E-state index contributed by atoms with van der Waals surface area (Å²) in [6.07, 6.45) is -0.208. The first kappa shape index (κ1) is 23.5. The fraction of sp³-hybridized carbons (Fsp3) is 0.435. The van der Waals surface area contributed by atoms with E-state index in [9.17, 15) is 24.6 Å². The van der Waals surface area contributed by atoms with Crippen LogP contribution in [0.5, 0.6) is 0 Å². The van der Waals surface area contributed by atoms with Gasteiger partial charge in [-0.05, 0) is 6.92 Å². The maximum Gasteiger partial charge on any atom is 0.280 e. The fourth-order valence-corrected chi connectivity index (χ4v) is 5.42. The van der Waals surface area contributed by atoms with E-state index in [-0.39, 0.29) is 65.3 Å². The summed E-state index contributed by atoms with van der Waals surface area (Å²) < 4.78 is 9.01. The van der Waals surface area contributed by atoms with Crippen molar-refractivity contribution in [2.24, 2.45) is 11.5 Å². The number of hydrogen-bond acceptors (Lipinski definition) is 11. The first-order chi connectivity index (χ1) is 17.7. The van der Waals surface area contributed by atoms with Gasteiger partial charge in [0.05, 0.1) is 30.3 Å². The van der Waals surface area contributed by atoms with Crippen LogP contribution in [0.3, 0.4) is 0 Å². The number of ketones is 2. The number of hydrogen-bond donors (Lipinski definition) is 6. The average molecular weight is 511 g/mol. The molecule has 3 aromatic rings. The Bertz CT molecular complexity index is 1570. The van der Waals surface area contributed by atoms with Crippen LogP contribution in [0.4, 0.5) is 5.95 Å². The Hall–Kier alpha value is -3.85. The van der Waals surface area contributed by atoms with E-state index in [2.05, 4.69) is 20.3 Å². The molecule has 5 heterocycles. The second kappa shape index (κ2) is 8.34. The number of carbonyl (C=O) groups is 2. The molecule has 194 valence electrons. The second-order valence-electron chi connectivity index (χ2n) is 9.63. The van der Waals surface area contributed by atoms with Gasteiger partial charge >= 0.3 is 0 Å². The second-order valence-corrected chi connectivity index (χ2v) is 9.63. The topological polar surface area (TPSA) is 216 Å². The standard InChI is InChI=1S/C23H26N8O6/c1-8-16(25)20(35)15-10(11-2-9(24)5-30(11)18(15)19(8)34)4-26-23-28-21-17(22(36)29-23)27-7-31(21)14-3-12(33)13(6-32)37-14/h7,9,12-14,32-33H,2-6,24-25H2,1H3,(H2,26,28,29,36)/t9-,12+,13-,14-/m1/s1. The molecule has 1 saturated heterocycles. The molecule has 37 heavy (non-hydrogen) atoms. The number of imidazole rings is 1. The number of carbonyl (C=O) groups excluding carboxylic acids is 2. The summed E-state index contributed by atoms with van der Waals surface area (Å²) in [7, 11) is 0. The van der Waals surface area contributed by atoms with Gasteiger partial charge in [0.15, 0.2) is 11.2 Å². The Morgan fingerprint density at radius 3 is 2.81 bits per heavy atom. The van der Waals surface area contributed by atoms with Gasteiger partial charge in [-0.25, -0.2) is 4.98 Å². The third kappa shape index (κ3) is 3.44. The van der Waals surface area contributed by atoms with E-state index in [1.165, 1.54) is 17.8 Å². The number of ether oxygens (including phenoxy) is 1. The van der Waals surface area contributed by atoms with E-state index in [4.69, 9.17) is 16.2 Å². The van der Waals surface area contributed by atoms with Crippen LogP contribution in [0, 0.1) is 0 Å². The summed E-state index contributed by atoms with van der Waals surface area (Å²) >= 11 is 0. The third-order valence-electron chi connectivity index (χ3n) is 7.35. The molecule has 1 aliphatic carbocycles. The average Bonchev–Trinajstić information content (AvgIpc) is 3.61. The molecule has 0 aromatic carbocycles. The zero-order chi connectivity index (χ0) is 26.2. The molecule has 1 fully saturated rings. The minimum absolute atomic E-state index is 0.0795. The molecule has 3 aliphatic rings. The molecule has 0 saturated carbocycles. The van der Waals surface area contributed by atoms with Gasteiger partial charge in [-0.3, -0.25) is 23.9 Å². The number of rotatable bonds is 5. The molecule has 4 atom stereocenters. The first-order valence-corrected chi connectivity index (χ1v) is 11.9. The normalized spacial score (nSPS) is 25.3. The number of Topliss-reactive ketones (excluding diaryl/α,β-unsaturated/α-hetero) is 2. The van der Waals surface area contributed by atoms with Crippen molar-refractivity contribution in [2.75, 3.05) is 11.9 Å². The maximum atomic E-state index is 13.1. The molecule has 14 heteroatoms. The van der Waals surface area contributed by atoms with Crippen molar-refractivity contribution in [1.29, 1.82) is 0 Å². The van der Waals surface area contributed by atoms with E-state index >= 15 is 0 Å². The molecule has 2 aliphatic heterocycles. The Labute approximate surface area is 208 Å². The van der Waals surface area contributed by atoms with E-state index in [0.29, 0.717) is 24.2 Å². The first-order valence-electron chi connectivity index (χ1n) is 11.9. The Morgan fingerprint density at radius 2 is 2.08 bits per heavy atom. The number of fused-ring (bicyclic) bond motifs is 4. The summed E-state index contributed by atoms with van der Waals surface area (Å²) in [4.78, 5) is 50.1. The number of aliphatic hydroxyl groups excluding tert-OH is 2. The number of allylic oxidation sites excluding steroid dienone is 2. The number of H-pyrrole nitrogens is 1. The number of aromatic amines is 1. The lowest BCUT2D eigenvalue weighted by molar-refractivity contribution is -0.0432. The predicted octanol–water partition coefficient (Wildman–Crippen LogP) is -1.33. The summed E-state index contributed by atoms with van der Waals surface area (Å²) in [5.74, 6) is -0.600. The van der Waals surface area contributed by atoms with Crippen molar-refractivity contribution in [3.8, 4) is 0 Å². The molecule has 8 N–H and O–H groups in total. The van der Waals surface area contributed by atoms with Crippen LogP contribution in [-0.4, -0.2) is 70.7 Å². The summed E-state index contributed by atoms with van der Waals surface area (Å²) in [5, 5.41) is 22.6. The molecule has 0 unspecified atom stereocenters. The van der Waals surface area contributed by atoms with Crippen LogP contribution < -0.4 is 22.3 Å². The van der Waals surface area contributed by atoms with Crippen LogP contribution in [0.1, 0.15) is 51.7 Å². The predicted molar refractivity (Wildman–Crippen MR) is 129 cm³/mol. The Balaban J connectivity index is 1.36. The molecule has 0 spiro atoms. The van der Waals surface area contributed by atoms with Gasteiger partial charge in [0, 0.05) is 48.8 Å². The summed E-state index contributed by atoms with van der Waals surface area (Å²) in [6, 6.07) is -0.196. The van der Waals surface area contributed by atoms with Gasteiger partial charge in [-0.15, -0.1) is 0 Å². The molecule has 0 amide bonds. The lowest BCUT2D eigenvalue weighted by atomic mass is 9.90.